The van der Waals surface area contributed by atoms with Gasteiger partial charge in [0.1, 0.15) is 27.7 Å². The monoisotopic (exact) mass is 912 g/mol. The molecule has 5 aromatic rings. The molecule has 2 heterocycles. The molecule has 0 aliphatic carbocycles. The second-order valence-electron chi connectivity index (χ2n) is 14.2. The Labute approximate surface area is 345 Å². The van der Waals surface area contributed by atoms with Gasteiger partial charge < -0.3 is 23.8 Å². The number of methoxy groups -OCH3 is 3. The minimum Gasteiger partial charge on any atom is -0.497 e. The topological polar surface area (TPSA) is 138 Å². The van der Waals surface area contributed by atoms with Gasteiger partial charge in [-0.1, -0.05) is 36.4 Å². The summed E-state index contributed by atoms with van der Waals surface area (Å²) in [5, 5.41) is 13.4. The third kappa shape index (κ3) is 10.1. The van der Waals surface area contributed by atoms with Gasteiger partial charge in [-0.15, -0.1) is 22.0 Å². The quantitative estimate of drug-likeness (QED) is 0.102. The molecule has 1 unspecified atom stereocenters. The van der Waals surface area contributed by atoms with Gasteiger partial charge in [-0.05, 0) is 120 Å². The number of amides is 1. The highest BCUT2D eigenvalue weighted by molar-refractivity contribution is 14.1. The van der Waals surface area contributed by atoms with Crippen LogP contribution >= 0.6 is 34.4 Å². The van der Waals surface area contributed by atoms with Crippen LogP contribution in [-0.4, -0.2) is 89.2 Å². The largest absolute Gasteiger partial charge is 0.497 e. The second-order valence-corrected chi connectivity index (χ2v) is 18.5. The number of carbonyl (C=O) groups is 1. The number of aromatic nitrogens is 4. The Morgan fingerprint density at radius 3 is 1.89 bits per heavy atom. The molecule has 1 amide bonds. The van der Waals surface area contributed by atoms with E-state index >= 15 is 8.42 Å². The van der Waals surface area contributed by atoms with E-state index in [2.05, 4.69) is 32.9 Å². The van der Waals surface area contributed by atoms with Crippen LogP contribution in [0.15, 0.2) is 94.7 Å². The lowest BCUT2D eigenvalue weighted by atomic mass is 10.2. The summed E-state index contributed by atoms with van der Waals surface area (Å²) in [7, 11) is 0.483. The van der Waals surface area contributed by atoms with Gasteiger partial charge in [0.2, 0.25) is 15.8 Å². The van der Waals surface area contributed by atoms with Crippen LogP contribution in [0.5, 0.6) is 17.2 Å². The predicted octanol–water partition coefficient (Wildman–Crippen LogP) is 7.51. The minimum absolute atomic E-state index is 0.0703. The van der Waals surface area contributed by atoms with Crippen LogP contribution in [0.3, 0.4) is 0 Å². The molecule has 296 valence electrons. The Kier molecular flexibility index (Phi) is 13.1. The molecule has 0 saturated carbocycles. The van der Waals surface area contributed by atoms with E-state index in [0.717, 1.165) is 22.4 Å². The van der Waals surface area contributed by atoms with Crippen molar-refractivity contribution in [3.05, 3.63) is 105 Å². The lowest BCUT2D eigenvalue weighted by Crippen LogP contribution is -2.35. The van der Waals surface area contributed by atoms with E-state index in [-0.39, 0.29) is 35.2 Å². The van der Waals surface area contributed by atoms with Gasteiger partial charge in [0.05, 0.1) is 33.4 Å². The highest BCUT2D eigenvalue weighted by Crippen LogP contribution is 2.42. The van der Waals surface area contributed by atoms with Crippen molar-refractivity contribution in [2.24, 2.45) is 0 Å². The summed E-state index contributed by atoms with van der Waals surface area (Å²) in [6, 6.07) is 25.9. The number of rotatable bonds is 14. The number of tetrazole rings is 1. The van der Waals surface area contributed by atoms with Crippen LogP contribution < -0.4 is 14.2 Å². The first-order valence-corrected chi connectivity index (χ1v) is 21.3. The average Bonchev–Trinajstić information content (AvgIpc) is 3.85. The molecule has 0 spiro atoms. The molecule has 16 heteroatoms. The van der Waals surface area contributed by atoms with Crippen LogP contribution in [0.4, 0.5) is 4.79 Å². The van der Waals surface area contributed by atoms with E-state index in [9.17, 15) is 4.79 Å². The molecule has 1 aliphatic heterocycles. The predicted molar refractivity (Wildman–Crippen MR) is 223 cm³/mol. The zero-order valence-electron chi connectivity index (χ0n) is 32.1. The number of hydrogen-bond donors (Lipinski definition) is 0. The van der Waals surface area contributed by atoms with Crippen molar-refractivity contribution in [1.29, 1.82) is 0 Å². The summed E-state index contributed by atoms with van der Waals surface area (Å²) >= 11 is 3.57. The number of thioether (sulfide) groups is 1. The Balaban J connectivity index is 1.43. The highest BCUT2D eigenvalue weighted by Gasteiger charge is 2.36. The Bertz CT molecular complexity index is 2180. The van der Waals surface area contributed by atoms with E-state index in [1.54, 1.807) is 26.2 Å². The summed E-state index contributed by atoms with van der Waals surface area (Å²) in [5.41, 5.74) is 2.19. The zero-order chi connectivity index (χ0) is 40.0. The standard InChI is InChI=1S/C40H45IN6O7S2/c1-40(2,3)54-39(48)45-22-21-33(26-45)55-35-20-19-34(41)36(38-42-44-47(43-38)25-29-11-17-32(53-6)18-12-29)37(35)56(49,50)46(23-27-7-13-30(51-4)14-8-27)24-28-9-15-31(52-5)16-10-28/h7-20,33H,21-26H2,1-6H3. The number of sulfonamides is 1. The third-order valence-electron chi connectivity index (χ3n) is 8.95. The molecular weight excluding hydrogens is 868 g/mol. The van der Waals surface area contributed by atoms with Gasteiger partial charge in [-0.3, -0.25) is 0 Å². The van der Waals surface area contributed by atoms with E-state index in [1.165, 1.54) is 20.9 Å². The van der Waals surface area contributed by atoms with E-state index in [0.29, 0.717) is 51.6 Å². The average molecular weight is 913 g/mol. The number of halogens is 1. The first-order chi connectivity index (χ1) is 26.8. The third-order valence-corrected chi connectivity index (χ3v) is 13.2. The Hall–Kier alpha value is -4.39. The molecule has 1 fully saturated rings. The van der Waals surface area contributed by atoms with Crippen molar-refractivity contribution in [2.75, 3.05) is 34.4 Å². The summed E-state index contributed by atoms with van der Waals surface area (Å²) < 4.78 is 54.8. The van der Waals surface area contributed by atoms with Crippen LogP contribution in [0.25, 0.3) is 11.4 Å². The van der Waals surface area contributed by atoms with Gasteiger partial charge in [0.25, 0.3) is 0 Å². The maximum Gasteiger partial charge on any atom is 0.410 e. The van der Waals surface area contributed by atoms with E-state index in [4.69, 9.17) is 24.0 Å². The van der Waals surface area contributed by atoms with Crippen molar-refractivity contribution in [2.45, 2.75) is 67.5 Å². The maximum absolute atomic E-state index is 15.5. The van der Waals surface area contributed by atoms with Crippen LogP contribution in [0, 0.1) is 3.57 Å². The lowest BCUT2D eigenvalue weighted by molar-refractivity contribution is 0.0295. The van der Waals surface area contributed by atoms with E-state index < -0.39 is 15.6 Å². The molecule has 0 N–H and O–H groups in total. The molecule has 56 heavy (non-hydrogen) atoms. The second kappa shape index (κ2) is 17.8. The number of ether oxygens (including phenoxy) is 4. The van der Waals surface area contributed by atoms with Crippen LogP contribution in [0.2, 0.25) is 0 Å². The highest BCUT2D eigenvalue weighted by atomic mass is 127. The fourth-order valence-electron chi connectivity index (χ4n) is 6.12. The van der Waals surface area contributed by atoms with Crippen molar-refractivity contribution in [3.8, 4) is 28.6 Å². The molecule has 1 atom stereocenters. The Morgan fingerprint density at radius 2 is 1.38 bits per heavy atom. The van der Waals surface area contributed by atoms with Gasteiger partial charge in [0.15, 0.2) is 0 Å². The summed E-state index contributed by atoms with van der Waals surface area (Å²) in [6.07, 6.45) is 0.266. The van der Waals surface area contributed by atoms with E-state index in [1.807, 2.05) is 106 Å². The lowest BCUT2D eigenvalue weighted by Gasteiger charge is -2.26. The van der Waals surface area contributed by atoms with Gasteiger partial charge >= 0.3 is 6.09 Å². The number of nitrogens with zero attached hydrogens (tertiary/aromatic N) is 6. The zero-order valence-corrected chi connectivity index (χ0v) is 35.9. The summed E-state index contributed by atoms with van der Waals surface area (Å²) in [4.78, 5) is 16.7. The molecule has 6 rings (SSSR count). The number of hydrogen-bond acceptors (Lipinski definition) is 11. The molecule has 0 bridgehead atoms. The SMILES string of the molecule is COc1ccc(CN(Cc2ccc(OC)cc2)S(=O)(=O)c2c(SC3CCN(C(=O)OC(C)(C)C)C3)ccc(I)c2-c2nnn(Cc3ccc(OC)cc3)n2)cc1. The summed E-state index contributed by atoms with van der Waals surface area (Å²) in [6.45, 7) is 6.86. The van der Waals surface area contributed by atoms with Crippen molar-refractivity contribution in [3.63, 3.8) is 0 Å². The van der Waals surface area contributed by atoms with Crippen molar-refractivity contribution in [1.82, 2.24) is 29.4 Å². The van der Waals surface area contributed by atoms with Gasteiger partial charge in [0, 0.05) is 39.9 Å². The number of carbonyl (C=O) groups excluding carboxylic acids is 1. The van der Waals surface area contributed by atoms with Crippen molar-refractivity contribution >= 4 is 50.5 Å². The first-order valence-electron chi connectivity index (χ1n) is 17.9. The Morgan fingerprint density at radius 1 is 0.839 bits per heavy atom. The number of likely N-dealkylation sites (tertiary alicyclic amines) is 1. The summed E-state index contributed by atoms with van der Waals surface area (Å²) in [5.74, 6) is 2.24. The van der Waals surface area contributed by atoms with Crippen LogP contribution in [0.1, 0.15) is 43.9 Å². The number of benzene rings is 4. The smallest absolute Gasteiger partial charge is 0.410 e. The maximum atomic E-state index is 15.5. The fourth-order valence-corrected chi connectivity index (χ4v) is 10.3. The molecule has 0 radical (unpaired) electrons. The fraction of sp³-hybridized carbons (Fsp3) is 0.350. The molecule has 1 aliphatic rings. The molecular formula is C40H45IN6O7S2. The van der Waals surface area contributed by atoms with Crippen molar-refractivity contribution < 1.29 is 32.2 Å². The molecule has 13 nitrogen and oxygen atoms in total. The molecule has 1 aromatic heterocycles. The minimum atomic E-state index is -4.30. The normalized spacial score (nSPS) is 14.6. The molecule has 1 saturated heterocycles. The first kappa shape index (κ1) is 41.2. The van der Waals surface area contributed by atoms with Crippen LogP contribution in [-0.2, 0) is 34.4 Å². The van der Waals surface area contributed by atoms with Gasteiger partial charge in [-0.25, -0.2) is 13.2 Å². The van der Waals surface area contributed by atoms with Gasteiger partial charge in [-0.2, -0.15) is 9.10 Å². The molecule has 4 aromatic carbocycles.